The summed E-state index contributed by atoms with van der Waals surface area (Å²) in [7, 11) is 0.154. The van der Waals surface area contributed by atoms with Crippen LogP contribution in [0.5, 0.6) is 0 Å². The minimum atomic E-state index is -0.114. The molecule has 1 atom stereocenters. The monoisotopic (exact) mass is 251 g/mol. The van der Waals surface area contributed by atoms with E-state index >= 15 is 0 Å². The van der Waals surface area contributed by atoms with Gasteiger partial charge in [0.1, 0.15) is 12.5 Å². The average Bonchev–Trinajstić information content (AvgIpc) is 2.34. The predicted molar refractivity (Wildman–Crippen MR) is 73.9 cm³/mol. The van der Waals surface area contributed by atoms with E-state index in [4.69, 9.17) is 9.84 Å². The fraction of sp³-hybridized carbons (Fsp3) is 0.429. The molecule has 0 heterocycles. The molecule has 0 saturated heterocycles. The molecule has 1 rings (SSSR count). The van der Waals surface area contributed by atoms with Gasteiger partial charge in [-0.3, -0.25) is 0 Å². The van der Waals surface area contributed by atoms with Gasteiger partial charge in [-0.25, -0.2) is 0 Å². The number of benzene rings is 1. The molecule has 0 saturated carbocycles. The Morgan fingerprint density at radius 2 is 1.94 bits per heavy atom. The van der Waals surface area contributed by atoms with E-state index in [0.717, 1.165) is 11.1 Å². The summed E-state index contributed by atoms with van der Waals surface area (Å²) < 4.78 is 5.43. The fourth-order valence-corrected chi connectivity index (χ4v) is 1.46. The van der Waals surface area contributed by atoms with Crippen LogP contribution in [-0.2, 0) is 22.2 Å². The third kappa shape index (κ3) is 5.78. The number of ether oxygens (including phenoxy) is 1. The zero-order chi connectivity index (χ0) is 12.7. The van der Waals surface area contributed by atoms with Crippen LogP contribution in [0.25, 0.3) is 0 Å². The van der Waals surface area contributed by atoms with Crippen molar-refractivity contribution in [1.82, 2.24) is 0 Å². The molecule has 2 nitrogen and oxygen atoms in total. The first kappa shape index (κ1) is 14.1. The highest BCUT2D eigenvalue weighted by molar-refractivity contribution is 8.00. The summed E-state index contributed by atoms with van der Waals surface area (Å²) in [6.07, 6.45) is 4.09. The van der Waals surface area contributed by atoms with E-state index < -0.39 is 0 Å². The summed E-state index contributed by atoms with van der Waals surface area (Å²) in [4.78, 5) is 0. The normalized spacial score (nSPS) is 12.1. The maximum atomic E-state index is 8.84. The van der Waals surface area contributed by atoms with Crippen molar-refractivity contribution in [1.29, 1.82) is 0 Å². The van der Waals surface area contributed by atoms with Gasteiger partial charge in [0.15, 0.2) is 5.25 Å². The first-order valence-electron chi connectivity index (χ1n) is 5.52. The van der Waals surface area contributed by atoms with Crippen molar-refractivity contribution >= 4 is 10.9 Å². The van der Waals surface area contributed by atoms with Gasteiger partial charge in [-0.1, -0.05) is 12.1 Å². The van der Waals surface area contributed by atoms with Gasteiger partial charge in [0.05, 0.1) is 30.2 Å². The lowest BCUT2D eigenvalue weighted by atomic mass is 10.1. The highest BCUT2D eigenvalue weighted by atomic mass is 32.2. The highest BCUT2D eigenvalue weighted by Gasteiger charge is 2.00. The van der Waals surface area contributed by atoms with Crippen molar-refractivity contribution in [3.05, 3.63) is 35.4 Å². The van der Waals surface area contributed by atoms with Gasteiger partial charge in [0, 0.05) is 5.56 Å². The van der Waals surface area contributed by atoms with Gasteiger partial charge in [-0.15, -0.1) is 0 Å². The summed E-state index contributed by atoms with van der Waals surface area (Å²) in [5.74, 6) is 3.13. The third-order valence-electron chi connectivity index (χ3n) is 2.15. The van der Waals surface area contributed by atoms with Crippen LogP contribution in [0.2, 0.25) is 0 Å². The number of rotatable bonds is 4. The van der Waals surface area contributed by atoms with Gasteiger partial charge in [0.2, 0.25) is 0 Å². The van der Waals surface area contributed by atoms with Crippen molar-refractivity contribution in [2.75, 3.05) is 19.1 Å². The van der Waals surface area contributed by atoms with Gasteiger partial charge in [-0.2, -0.15) is 0 Å². The maximum absolute atomic E-state index is 8.84. The quantitative estimate of drug-likeness (QED) is 0.653. The zero-order valence-corrected chi connectivity index (χ0v) is 11.4. The van der Waals surface area contributed by atoms with Gasteiger partial charge < -0.3 is 9.84 Å². The molecule has 1 aromatic rings. The molecule has 0 aliphatic carbocycles. The molecule has 0 aliphatic rings. The topological polar surface area (TPSA) is 29.5 Å². The minimum Gasteiger partial charge on any atom is -0.394 e. The smallest absolute Gasteiger partial charge is 0.156 e. The van der Waals surface area contributed by atoms with Gasteiger partial charge in [0.25, 0.3) is 0 Å². The second-order valence-corrected chi connectivity index (χ2v) is 5.88. The molecule has 17 heavy (non-hydrogen) atoms. The molecule has 0 spiro atoms. The number of aliphatic hydroxyl groups excluding tert-OH is 1. The van der Waals surface area contributed by atoms with Gasteiger partial charge >= 0.3 is 0 Å². The molecule has 0 radical (unpaired) electrons. The minimum absolute atomic E-state index is 0.0544. The van der Waals surface area contributed by atoms with Crippen LogP contribution in [-0.4, -0.2) is 30.3 Å². The van der Waals surface area contributed by atoms with Crippen LogP contribution in [0.15, 0.2) is 24.3 Å². The molecule has 0 aromatic heterocycles. The second kappa shape index (κ2) is 7.39. The standard InChI is InChI=1S/C14H19O2S/c1-12(10-15)16-11-14-6-4-13(5-7-14)8-9-17(2)3/h4-7,12,15H,10-11H2,1-3H3/q+1. The first-order chi connectivity index (χ1) is 8.11. The summed E-state index contributed by atoms with van der Waals surface area (Å²) in [6.45, 7) is 2.43. The largest absolute Gasteiger partial charge is 0.394 e. The Morgan fingerprint density at radius 3 is 2.47 bits per heavy atom. The van der Waals surface area contributed by atoms with Crippen LogP contribution in [0.4, 0.5) is 0 Å². The highest BCUT2D eigenvalue weighted by Crippen LogP contribution is 2.06. The Morgan fingerprint density at radius 1 is 1.29 bits per heavy atom. The van der Waals surface area contributed by atoms with E-state index in [0.29, 0.717) is 6.61 Å². The van der Waals surface area contributed by atoms with Crippen LogP contribution in [0.3, 0.4) is 0 Å². The van der Waals surface area contributed by atoms with Crippen molar-refractivity contribution < 1.29 is 9.84 Å². The van der Waals surface area contributed by atoms with Crippen LogP contribution in [0, 0.1) is 11.2 Å². The molecule has 1 unspecified atom stereocenters. The lowest BCUT2D eigenvalue weighted by Crippen LogP contribution is -2.12. The average molecular weight is 251 g/mol. The summed E-state index contributed by atoms with van der Waals surface area (Å²) in [5, 5.41) is 12.0. The number of hydrogen-bond donors (Lipinski definition) is 1. The van der Waals surface area contributed by atoms with E-state index in [-0.39, 0.29) is 23.6 Å². The Balaban J connectivity index is 2.54. The maximum Gasteiger partial charge on any atom is 0.156 e. The number of aliphatic hydroxyl groups is 1. The van der Waals surface area contributed by atoms with Gasteiger partial charge in [-0.05, 0) is 30.5 Å². The molecule has 92 valence electrons. The van der Waals surface area contributed by atoms with Crippen molar-refractivity contribution in [3.8, 4) is 11.2 Å². The molecule has 1 N–H and O–H groups in total. The Labute approximate surface area is 106 Å². The van der Waals surface area contributed by atoms with Crippen LogP contribution >= 0.6 is 0 Å². The lowest BCUT2D eigenvalue weighted by molar-refractivity contribution is 0.0145. The first-order valence-corrected chi connectivity index (χ1v) is 7.56. The van der Waals surface area contributed by atoms with E-state index in [2.05, 4.69) is 23.7 Å². The van der Waals surface area contributed by atoms with Crippen LogP contribution in [0.1, 0.15) is 18.1 Å². The molecule has 1 aromatic carbocycles. The molecule has 0 aliphatic heterocycles. The summed E-state index contributed by atoms with van der Waals surface area (Å²) >= 11 is 0. The van der Waals surface area contributed by atoms with E-state index in [1.54, 1.807) is 0 Å². The molecular weight excluding hydrogens is 232 g/mol. The Hall–Kier alpha value is -0.950. The zero-order valence-electron chi connectivity index (χ0n) is 10.6. The van der Waals surface area contributed by atoms with Crippen molar-refractivity contribution in [2.24, 2.45) is 0 Å². The SMILES string of the molecule is CC(CO)OCc1ccc(C#C[S+](C)C)cc1. The Bertz CT molecular complexity index is 387. The molecule has 0 fully saturated rings. The van der Waals surface area contributed by atoms with E-state index in [1.165, 1.54) is 0 Å². The number of hydrogen-bond acceptors (Lipinski definition) is 2. The summed E-state index contributed by atoms with van der Waals surface area (Å²) in [6, 6.07) is 8.03. The molecule has 0 bridgehead atoms. The summed E-state index contributed by atoms with van der Waals surface area (Å²) in [5.41, 5.74) is 2.13. The van der Waals surface area contributed by atoms with Crippen molar-refractivity contribution in [2.45, 2.75) is 19.6 Å². The second-order valence-electron chi connectivity index (χ2n) is 4.04. The Kier molecular flexibility index (Phi) is 6.13. The van der Waals surface area contributed by atoms with E-state index in [9.17, 15) is 0 Å². The van der Waals surface area contributed by atoms with Crippen LogP contribution < -0.4 is 0 Å². The van der Waals surface area contributed by atoms with E-state index in [1.807, 2.05) is 31.2 Å². The van der Waals surface area contributed by atoms with Crippen molar-refractivity contribution in [3.63, 3.8) is 0 Å². The molecule has 3 heteroatoms. The third-order valence-corrected chi connectivity index (χ3v) is 2.66. The molecule has 0 amide bonds. The lowest BCUT2D eigenvalue weighted by Gasteiger charge is -2.09. The molecular formula is C14H19O2S+. The predicted octanol–water partition coefficient (Wildman–Crippen LogP) is 1.77. The fourth-order valence-electron chi connectivity index (χ4n) is 1.14.